The first kappa shape index (κ1) is 122. The number of primary amides is 3. The molecule has 3 aliphatic rings. The number of anilines is 3. The van der Waals surface area contributed by atoms with E-state index in [1.807, 2.05) is 0 Å². The number of aliphatic hydroxyl groups excluding tert-OH is 1. The van der Waals surface area contributed by atoms with Gasteiger partial charge in [0.05, 0.1) is 34.9 Å². The van der Waals surface area contributed by atoms with Crippen LogP contribution in [-0.2, 0) is 130 Å². The summed E-state index contributed by atoms with van der Waals surface area (Å²) in [6.07, 6.45) is 12.1. The average Bonchev–Trinajstić information content (AvgIpc) is 1.78. The van der Waals surface area contributed by atoms with Crippen LogP contribution in [0.1, 0.15) is 228 Å². The zero-order valence-electron chi connectivity index (χ0n) is 83.7. The van der Waals surface area contributed by atoms with Crippen molar-refractivity contribution in [2.45, 2.75) is 254 Å². The van der Waals surface area contributed by atoms with Gasteiger partial charge in [0.25, 0.3) is 45.6 Å². The molecule has 0 radical (unpaired) electrons. The van der Waals surface area contributed by atoms with Crippen LogP contribution < -0.4 is 70.8 Å². The molecule has 0 bridgehead atoms. The molecule has 44 nitrogen and oxygen atoms in total. The number of nitrogens with one attached hydrogen (secondary N) is 9. The first-order chi connectivity index (χ1) is 67.6. The number of hydrogen-bond acceptors (Lipinski definition) is 28. The number of amides is 18. The Kier molecular flexibility index (Phi) is 52.1. The van der Waals surface area contributed by atoms with Gasteiger partial charge in [-0.1, -0.05) is 63.1 Å². The van der Waals surface area contributed by atoms with Crippen LogP contribution in [0.3, 0.4) is 0 Å². The summed E-state index contributed by atoms with van der Waals surface area (Å²) in [7, 11) is -5.03. The molecule has 7 atom stereocenters. The van der Waals surface area contributed by atoms with Crippen LogP contribution in [0.25, 0.3) is 0 Å². The molecular weight excluding hydrogens is 1890 g/mol. The summed E-state index contributed by atoms with van der Waals surface area (Å²) in [6, 6.07) is 14.5. The molecule has 144 heavy (non-hydrogen) atoms. The lowest BCUT2D eigenvalue weighted by atomic mass is 9.89. The predicted octanol–water partition coefficient (Wildman–Crippen LogP) is 5.99. The zero-order chi connectivity index (χ0) is 108. The molecule has 0 fully saturated rings. The van der Waals surface area contributed by atoms with Gasteiger partial charge < -0.3 is 90.1 Å². The molecule has 0 aromatic heterocycles. The lowest BCUT2D eigenvalue weighted by Crippen LogP contribution is -2.51. The Bertz CT molecular complexity index is 5120. The Balaban J connectivity index is 0.000000450. The number of Topliss-reactive ketones (excluding diaryl/α,β-unsaturated/α-hetero) is 3. The molecule has 0 spiro atoms. The summed E-state index contributed by atoms with van der Waals surface area (Å²) >= 11 is 0. The van der Waals surface area contributed by atoms with Gasteiger partial charge in [-0.2, -0.15) is 8.42 Å². The molecular formula is C99H142N16O28S. The van der Waals surface area contributed by atoms with Crippen molar-refractivity contribution < 1.29 is 133 Å². The fourth-order valence-corrected chi connectivity index (χ4v) is 14.9. The van der Waals surface area contributed by atoms with Gasteiger partial charge in [0, 0.05) is 143 Å². The topological polar surface area (TPSA) is 683 Å². The molecule has 0 saturated carbocycles. The summed E-state index contributed by atoms with van der Waals surface area (Å²) in [6.45, 7) is 19.5. The number of esters is 3. The number of aliphatic hydroxyl groups is 1. The fourth-order valence-electron chi connectivity index (χ4n) is 14.2. The number of carbonyl (C=O) groups excluding carboxylic acids is 21. The third kappa shape index (κ3) is 46.5. The number of hydrogen-bond donors (Lipinski definition) is 15. The van der Waals surface area contributed by atoms with Crippen molar-refractivity contribution in [2.75, 3.05) is 68.4 Å². The average molecular weight is 2040 g/mol. The molecule has 3 heterocycles. The predicted molar refractivity (Wildman–Crippen MR) is 528 cm³/mol. The minimum absolute atomic E-state index is 0.0286. The number of imide groups is 3. The van der Waals surface area contributed by atoms with Crippen molar-refractivity contribution in [3.8, 4) is 0 Å². The smallest absolute Gasteiger partial charge is 0.312 e. The van der Waals surface area contributed by atoms with Crippen LogP contribution >= 0.6 is 0 Å². The molecule has 3 aromatic rings. The molecule has 45 heteroatoms. The highest BCUT2D eigenvalue weighted by Gasteiger charge is 2.39. The number of carbonyl (C=O) groups is 21. The van der Waals surface area contributed by atoms with E-state index < -0.39 is 164 Å². The number of nitrogens with two attached hydrogens (primary N) is 4. The van der Waals surface area contributed by atoms with Crippen LogP contribution in [0, 0.1) is 39.9 Å². The van der Waals surface area contributed by atoms with Gasteiger partial charge >= 0.3 is 36.0 Å². The van der Waals surface area contributed by atoms with E-state index in [1.54, 1.807) is 149 Å². The summed E-state index contributed by atoms with van der Waals surface area (Å²) in [5.74, 6) is -11.8. The Morgan fingerprint density at radius 3 is 0.972 bits per heavy atom. The summed E-state index contributed by atoms with van der Waals surface area (Å²) < 4.78 is 50.0. The standard InChI is InChI=1S/C35H52N6O8.C32H45N5O11S.C32H45N5O9/c1-35(2,3)33(47)49-23-24-13-15-26(16-14-24)39-32(46)25(10-9-20-38-34(37)48)22-28(42)27(11-6-7-19-36)40-29(43)12-5-4-8-21-41-30(44)17-18-31(41)45;1-19(2)27(36-29(42)24(49(45,46)47)14-16-37-25(39)12-13-26(37)40)23(38)17-21(7-6-15-34-31(33)44)28(41)35-22-10-8-20(9-11-22)18-48-30(43)32(3,4)5;1-32(2,3)30(44)46-20-21-10-12-23(13-11-21)35-29(43)22(8-7-16-34-31(33)45)18-25(39)24(19-38)36-26(40)9-5-4-6-17-37-27(41)14-15-28(37)42/h13-18,25,27H,4-12,19-23,36H2,1-3H3,(H,39,46)(H,40,43)(H3,37,38,48);8-13,19,21,24,27H,6-7,14-18H2,1-5H3,(H,35,41)(H,36,42)(H3,33,34,44)(H,45,46,47);10-15,22,24,38H,4-9,16-20H2,1-3H3,(H,35,43)(H,36,40)(H3,33,34,45)/t25-,27+;21-,24-,27+;22-,24+/m111/s1. The normalized spacial score (nSPS) is 14.3. The minimum atomic E-state index is -5.03. The SMILES string of the molecule is CC(C)(C)C(=O)OCc1ccc(NC(=O)[C@H](CCCNC(N)=O)CC(=O)[C@H](CCCCN)NC(=O)CCCCCN2C(=O)C=CC2=O)cc1.CC(C)(C)C(=O)OCc1ccc(NC(=O)[C@H](CCCNC(N)=O)CC(=O)[C@H](CO)NC(=O)CCCCCN2C(=O)C=CC2=O)cc1.CC(C)[C@H](NC(=O)[C@@H](CCN1C(=O)C=CC1=O)S(=O)(=O)O)C(=O)C[C@@H](CCCNC(N)=O)C(=O)Nc1ccc(COC(=O)C(C)(C)C)cc1. The monoisotopic (exact) mass is 2030 g/mol. The third-order valence-corrected chi connectivity index (χ3v) is 23.7. The van der Waals surface area contributed by atoms with E-state index in [9.17, 15) is 119 Å². The van der Waals surface area contributed by atoms with E-state index in [-0.39, 0.29) is 164 Å². The van der Waals surface area contributed by atoms with Gasteiger partial charge in [0.1, 0.15) is 25.9 Å². The zero-order valence-corrected chi connectivity index (χ0v) is 84.5. The van der Waals surface area contributed by atoms with Crippen LogP contribution in [0.15, 0.2) is 109 Å². The summed E-state index contributed by atoms with van der Waals surface area (Å²) in [5.41, 5.74) is 22.6. The highest BCUT2D eigenvalue weighted by molar-refractivity contribution is 7.87. The first-order valence-electron chi connectivity index (χ1n) is 47.8. The molecule has 0 unspecified atom stereocenters. The lowest BCUT2D eigenvalue weighted by Gasteiger charge is -2.26. The second kappa shape index (κ2) is 61.2. The van der Waals surface area contributed by atoms with Gasteiger partial charge in [0.15, 0.2) is 22.6 Å². The molecule has 6 rings (SSSR count). The van der Waals surface area contributed by atoms with Gasteiger partial charge in [-0.15, -0.1) is 0 Å². The van der Waals surface area contributed by atoms with Gasteiger partial charge in [-0.3, -0.25) is 106 Å². The van der Waals surface area contributed by atoms with Gasteiger partial charge in [-0.05, 0) is 218 Å². The number of urea groups is 3. The third-order valence-electron chi connectivity index (χ3n) is 22.6. The van der Waals surface area contributed by atoms with E-state index in [1.165, 1.54) is 24.3 Å². The highest BCUT2D eigenvalue weighted by Crippen LogP contribution is 2.27. The highest BCUT2D eigenvalue weighted by atomic mass is 32.2. The Labute approximate surface area is 838 Å². The molecule has 0 saturated heterocycles. The Morgan fingerprint density at radius 2 is 0.681 bits per heavy atom. The quantitative estimate of drug-likeness (QED) is 0.0101. The Morgan fingerprint density at radius 1 is 0.375 bits per heavy atom. The maximum atomic E-state index is 13.6. The number of rotatable bonds is 59. The van der Waals surface area contributed by atoms with Crippen molar-refractivity contribution in [2.24, 2.45) is 62.9 Å². The number of ketones is 3. The molecule has 792 valence electrons. The van der Waals surface area contributed by atoms with Crippen molar-refractivity contribution in [3.05, 3.63) is 126 Å². The maximum Gasteiger partial charge on any atom is 0.312 e. The molecule has 0 aliphatic carbocycles. The number of benzene rings is 3. The Hall–Kier alpha value is -13.8. The number of unbranched alkanes of at least 4 members (excludes halogenated alkanes) is 5. The fraction of sp³-hybridized carbons (Fsp3) is 0.545. The van der Waals surface area contributed by atoms with Crippen molar-refractivity contribution >= 4 is 151 Å². The van der Waals surface area contributed by atoms with E-state index in [0.717, 1.165) is 33.1 Å². The van der Waals surface area contributed by atoms with Crippen LogP contribution in [0.5, 0.6) is 0 Å². The molecule has 3 aromatic carbocycles. The molecule has 18 amide bonds. The van der Waals surface area contributed by atoms with Crippen LogP contribution in [0.4, 0.5) is 31.4 Å². The summed E-state index contributed by atoms with van der Waals surface area (Å²) in [4.78, 5) is 261. The largest absolute Gasteiger partial charge is 0.460 e. The maximum absolute atomic E-state index is 13.6. The van der Waals surface area contributed by atoms with E-state index in [0.29, 0.717) is 105 Å². The lowest BCUT2D eigenvalue weighted by molar-refractivity contribution is -0.155. The van der Waals surface area contributed by atoms with Crippen molar-refractivity contribution in [1.29, 1.82) is 0 Å². The second-order valence-electron chi connectivity index (χ2n) is 38.3. The van der Waals surface area contributed by atoms with E-state index in [4.69, 9.17) is 37.1 Å². The van der Waals surface area contributed by atoms with Crippen LogP contribution in [-0.4, -0.2) is 233 Å². The van der Waals surface area contributed by atoms with E-state index in [2.05, 4.69) is 47.9 Å². The van der Waals surface area contributed by atoms with Gasteiger partial charge in [0.2, 0.25) is 35.4 Å². The molecule has 19 N–H and O–H groups in total. The van der Waals surface area contributed by atoms with Crippen molar-refractivity contribution in [3.63, 3.8) is 0 Å². The summed E-state index contributed by atoms with van der Waals surface area (Å²) in [5, 5.41) is 31.1. The van der Waals surface area contributed by atoms with E-state index >= 15 is 0 Å². The van der Waals surface area contributed by atoms with Crippen LogP contribution in [0.2, 0.25) is 0 Å². The second-order valence-corrected chi connectivity index (χ2v) is 39.9. The van der Waals surface area contributed by atoms with Crippen molar-refractivity contribution in [1.82, 2.24) is 46.6 Å². The van der Waals surface area contributed by atoms with Gasteiger partial charge in [-0.25, -0.2) is 14.4 Å². The number of ether oxygens (including phenoxy) is 3. The number of nitrogens with zero attached hydrogens (tertiary/aromatic N) is 3. The minimum Gasteiger partial charge on any atom is -0.460 e. The molecule has 3 aliphatic heterocycles. The first-order valence-corrected chi connectivity index (χ1v) is 49.3.